The Morgan fingerprint density at radius 1 is 1.21 bits per heavy atom. The van der Waals surface area contributed by atoms with Crippen LogP contribution in [0.25, 0.3) is 0 Å². The summed E-state index contributed by atoms with van der Waals surface area (Å²) in [6.45, 7) is 0.711. The van der Waals surface area contributed by atoms with Gasteiger partial charge in [0, 0.05) is 6.54 Å². The van der Waals surface area contributed by atoms with Gasteiger partial charge < -0.3 is 23.9 Å². The Morgan fingerprint density at radius 3 is 2.59 bits per heavy atom. The fraction of sp³-hybridized carbons (Fsp3) is 0.333. The Labute approximate surface area is 171 Å². The first kappa shape index (κ1) is 20.5. The molecule has 10 nitrogen and oxygen atoms in total. The van der Waals surface area contributed by atoms with Crippen LogP contribution in [0.1, 0.15) is 11.3 Å². The predicted molar refractivity (Wildman–Crippen MR) is 104 cm³/mol. The zero-order valence-corrected chi connectivity index (χ0v) is 17.1. The van der Waals surface area contributed by atoms with E-state index in [1.807, 2.05) is 6.07 Å². The van der Waals surface area contributed by atoms with E-state index in [2.05, 4.69) is 20.8 Å². The predicted octanol–water partition coefficient (Wildman–Crippen LogP) is 1.75. The molecule has 29 heavy (non-hydrogen) atoms. The van der Waals surface area contributed by atoms with Crippen LogP contribution in [0.2, 0.25) is 0 Å². The van der Waals surface area contributed by atoms with E-state index in [1.165, 1.54) is 11.8 Å². The summed E-state index contributed by atoms with van der Waals surface area (Å²) in [5, 5.41) is 14.9. The van der Waals surface area contributed by atoms with Crippen molar-refractivity contribution in [2.45, 2.75) is 18.2 Å². The molecule has 0 saturated carbocycles. The Hall–Kier alpha value is -3.21. The summed E-state index contributed by atoms with van der Waals surface area (Å²) < 4.78 is 22.8. The van der Waals surface area contributed by atoms with E-state index in [0.29, 0.717) is 35.5 Å². The average molecular weight is 419 g/mol. The number of hydrogen-bond donors (Lipinski definition) is 1. The van der Waals surface area contributed by atoms with Crippen LogP contribution in [0, 0.1) is 0 Å². The van der Waals surface area contributed by atoms with E-state index in [-0.39, 0.29) is 11.7 Å². The van der Waals surface area contributed by atoms with Gasteiger partial charge in [-0.15, -0.1) is 5.10 Å². The Balaban J connectivity index is 1.55. The maximum atomic E-state index is 12.3. The van der Waals surface area contributed by atoms with Crippen molar-refractivity contribution in [2.24, 2.45) is 0 Å². The molecule has 0 fully saturated rings. The van der Waals surface area contributed by atoms with Crippen molar-refractivity contribution in [3.8, 4) is 17.2 Å². The standard InChI is InChI=1S/C18H21N5O5S/c1-25-14-7-12(8-15(26-2)17(14)27-3)9-19-16(24)11-29-18-20-21-22-23(18)10-13-5-4-6-28-13/h4-8H,9-11H2,1-3H3,(H,19,24). The number of benzene rings is 1. The minimum absolute atomic E-state index is 0.156. The zero-order chi connectivity index (χ0) is 20.6. The minimum atomic E-state index is -0.156. The summed E-state index contributed by atoms with van der Waals surface area (Å²) in [7, 11) is 4.63. The Bertz CT molecular complexity index is 919. The number of ether oxygens (including phenoxy) is 3. The minimum Gasteiger partial charge on any atom is -0.493 e. The van der Waals surface area contributed by atoms with Crippen molar-refractivity contribution in [3.05, 3.63) is 41.9 Å². The van der Waals surface area contributed by atoms with Gasteiger partial charge in [-0.05, 0) is 40.3 Å². The van der Waals surface area contributed by atoms with Crippen LogP contribution in [0.15, 0.2) is 40.1 Å². The molecule has 1 aromatic carbocycles. The molecule has 0 aliphatic carbocycles. The van der Waals surface area contributed by atoms with Crippen molar-refractivity contribution in [1.29, 1.82) is 0 Å². The van der Waals surface area contributed by atoms with Crippen LogP contribution >= 0.6 is 11.8 Å². The number of hydrogen-bond acceptors (Lipinski definition) is 9. The van der Waals surface area contributed by atoms with Crippen LogP contribution in [0.5, 0.6) is 17.2 Å². The first-order valence-electron chi connectivity index (χ1n) is 8.61. The van der Waals surface area contributed by atoms with E-state index in [1.54, 1.807) is 50.5 Å². The first-order valence-corrected chi connectivity index (χ1v) is 9.60. The van der Waals surface area contributed by atoms with Gasteiger partial charge in [-0.1, -0.05) is 11.8 Å². The van der Waals surface area contributed by atoms with Crippen molar-refractivity contribution in [2.75, 3.05) is 27.1 Å². The maximum absolute atomic E-state index is 12.3. The molecule has 0 unspecified atom stereocenters. The SMILES string of the molecule is COc1cc(CNC(=O)CSc2nnnn2Cc2ccco2)cc(OC)c1OC. The lowest BCUT2D eigenvalue weighted by Crippen LogP contribution is -2.24. The quantitative estimate of drug-likeness (QED) is 0.491. The molecule has 1 N–H and O–H groups in total. The Kier molecular flexibility index (Phi) is 6.95. The normalized spacial score (nSPS) is 10.6. The summed E-state index contributed by atoms with van der Waals surface area (Å²) in [5.41, 5.74) is 0.820. The monoisotopic (exact) mass is 419 g/mol. The van der Waals surface area contributed by atoms with E-state index in [4.69, 9.17) is 18.6 Å². The van der Waals surface area contributed by atoms with Gasteiger partial charge in [0.25, 0.3) is 0 Å². The number of furan rings is 1. The highest BCUT2D eigenvalue weighted by Crippen LogP contribution is 2.38. The summed E-state index contributed by atoms with van der Waals surface area (Å²) in [5.74, 6) is 2.31. The van der Waals surface area contributed by atoms with Crippen molar-refractivity contribution in [1.82, 2.24) is 25.5 Å². The third-order valence-corrected chi connectivity index (χ3v) is 4.89. The van der Waals surface area contributed by atoms with Crippen LogP contribution < -0.4 is 19.5 Å². The van der Waals surface area contributed by atoms with Crippen molar-refractivity contribution >= 4 is 17.7 Å². The lowest BCUT2D eigenvalue weighted by Gasteiger charge is -2.14. The number of nitrogens with zero attached hydrogens (tertiary/aromatic N) is 4. The molecule has 0 atom stereocenters. The van der Waals surface area contributed by atoms with Gasteiger partial charge in [0.1, 0.15) is 12.3 Å². The molecular weight excluding hydrogens is 398 g/mol. The number of amides is 1. The largest absolute Gasteiger partial charge is 0.493 e. The molecule has 2 aromatic heterocycles. The van der Waals surface area contributed by atoms with Gasteiger partial charge in [-0.2, -0.15) is 0 Å². The Morgan fingerprint density at radius 2 is 1.97 bits per heavy atom. The molecule has 1 amide bonds. The van der Waals surface area contributed by atoms with E-state index in [9.17, 15) is 4.79 Å². The second-order valence-corrected chi connectivity index (χ2v) is 6.74. The fourth-order valence-corrected chi connectivity index (χ4v) is 3.28. The van der Waals surface area contributed by atoms with Gasteiger partial charge in [0.2, 0.25) is 16.8 Å². The highest BCUT2D eigenvalue weighted by atomic mass is 32.2. The van der Waals surface area contributed by atoms with E-state index in [0.717, 1.165) is 11.3 Å². The summed E-state index contributed by atoms with van der Waals surface area (Å²) >= 11 is 1.24. The summed E-state index contributed by atoms with van der Waals surface area (Å²) in [4.78, 5) is 12.3. The number of rotatable bonds is 10. The van der Waals surface area contributed by atoms with E-state index >= 15 is 0 Å². The third kappa shape index (κ3) is 5.19. The number of carbonyl (C=O) groups is 1. The molecule has 3 rings (SSSR count). The van der Waals surface area contributed by atoms with Crippen molar-refractivity contribution in [3.63, 3.8) is 0 Å². The molecule has 0 aliphatic rings. The van der Waals surface area contributed by atoms with Gasteiger partial charge in [0.05, 0.1) is 33.3 Å². The molecule has 3 aromatic rings. The molecule has 0 spiro atoms. The smallest absolute Gasteiger partial charge is 0.230 e. The van der Waals surface area contributed by atoms with Crippen LogP contribution in [0.4, 0.5) is 0 Å². The van der Waals surface area contributed by atoms with Crippen molar-refractivity contribution < 1.29 is 23.4 Å². The van der Waals surface area contributed by atoms with Gasteiger partial charge in [-0.25, -0.2) is 4.68 Å². The second-order valence-electron chi connectivity index (χ2n) is 5.80. The maximum Gasteiger partial charge on any atom is 0.230 e. The van der Waals surface area contributed by atoms with Gasteiger partial charge in [-0.3, -0.25) is 4.79 Å². The zero-order valence-electron chi connectivity index (χ0n) is 16.2. The molecule has 0 aliphatic heterocycles. The number of thioether (sulfide) groups is 1. The highest BCUT2D eigenvalue weighted by molar-refractivity contribution is 7.99. The molecular formula is C18H21N5O5S. The molecule has 154 valence electrons. The molecule has 0 saturated heterocycles. The van der Waals surface area contributed by atoms with Crippen LogP contribution in [-0.4, -0.2) is 53.2 Å². The van der Waals surface area contributed by atoms with Gasteiger partial charge in [0.15, 0.2) is 11.5 Å². The second kappa shape index (κ2) is 9.82. The molecule has 0 radical (unpaired) electrons. The summed E-state index contributed by atoms with van der Waals surface area (Å²) in [6, 6.07) is 7.21. The summed E-state index contributed by atoms with van der Waals surface area (Å²) in [6.07, 6.45) is 1.59. The van der Waals surface area contributed by atoms with Gasteiger partial charge >= 0.3 is 0 Å². The number of tetrazole rings is 1. The topological polar surface area (TPSA) is 114 Å². The lowest BCUT2D eigenvalue weighted by molar-refractivity contribution is -0.118. The molecule has 2 heterocycles. The highest BCUT2D eigenvalue weighted by Gasteiger charge is 2.15. The fourth-order valence-electron chi connectivity index (χ4n) is 2.57. The lowest BCUT2D eigenvalue weighted by atomic mass is 10.2. The third-order valence-electron chi connectivity index (χ3n) is 3.93. The van der Waals surface area contributed by atoms with Crippen LogP contribution in [-0.2, 0) is 17.9 Å². The first-order chi connectivity index (χ1) is 14.1. The average Bonchev–Trinajstić information content (AvgIpc) is 3.42. The molecule has 11 heteroatoms. The number of carbonyl (C=O) groups excluding carboxylic acids is 1. The molecule has 0 bridgehead atoms. The van der Waals surface area contributed by atoms with Crippen LogP contribution in [0.3, 0.4) is 0 Å². The van der Waals surface area contributed by atoms with E-state index < -0.39 is 0 Å². The number of nitrogens with one attached hydrogen (secondary N) is 1. The number of methoxy groups -OCH3 is 3. The number of aromatic nitrogens is 4.